The molecule has 0 amide bonds. The third-order valence-electron chi connectivity index (χ3n) is 3.26. The monoisotopic (exact) mass is 354 g/mol. The molecule has 1 saturated heterocycles. The third kappa shape index (κ3) is 11.8. The van der Waals surface area contributed by atoms with Gasteiger partial charge in [-0.15, -0.1) is 0 Å². The lowest BCUT2D eigenvalue weighted by Gasteiger charge is -2.00. The van der Waals surface area contributed by atoms with Crippen LogP contribution in [0.15, 0.2) is 97.7 Å². The van der Waals surface area contributed by atoms with Gasteiger partial charge >= 0.3 is 5.97 Å². The molecule has 0 aromatic rings. The zero-order valence-corrected chi connectivity index (χ0v) is 14.8. The van der Waals surface area contributed by atoms with Gasteiger partial charge < -0.3 is 5.11 Å². The van der Waals surface area contributed by atoms with E-state index in [1.165, 1.54) is 0 Å². The van der Waals surface area contributed by atoms with Crippen molar-refractivity contribution < 1.29 is 19.7 Å². The molecule has 1 aliphatic rings. The first-order valence-corrected chi connectivity index (χ1v) is 8.54. The van der Waals surface area contributed by atoms with Gasteiger partial charge in [0.15, 0.2) is 0 Å². The molecule has 0 aromatic carbocycles. The molecule has 0 spiro atoms. The maximum Gasteiger partial charge on any atom is 0.306 e. The Morgan fingerprint density at radius 1 is 0.808 bits per heavy atom. The maximum atomic E-state index is 10.6. The molecule has 1 rings (SSSR count). The number of hydrogen-bond donors (Lipinski definition) is 1. The minimum Gasteiger partial charge on any atom is -0.481 e. The Morgan fingerprint density at radius 3 is 1.77 bits per heavy atom. The smallest absolute Gasteiger partial charge is 0.306 e. The summed E-state index contributed by atoms with van der Waals surface area (Å²) in [6.45, 7) is 3.59. The molecular formula is C22H26O4. The summed E-state index contributed by atoms with van der Waals surface area (Å²) in [5.41, 5.74) is 0. The van der Waals surface area contributed by atoms with E-state index in [9.17, 15) is 4.79 Å². The van der Waals surface area contributed by atoms with Crippen molar-refractivity contribution in [2.75, 3.05) is 0 Å². The predicted octanol–water partition coefficient (Wildman–Crippen LogP) is 5.02. The number of allylic oxidation sites excluding steroid dienone is 14. The number of carboxylic acids is 1. The fraction of sp³-hybridized carbons (Fsp3) is 0.227. The largest absolute Gasteiger partial charge is 0.481 e. The van der Waals surface area contributed by atoms with E-state index in [1.807, 2.05) is 85.1 Å². The van der Waals surface area contributed by atoms with Crippen molar-refractivity contribution in [2.24, 2.45) is 0 Å². The topological polar surface area (TPSA) is 55.8 Å². The summed E-state index contributed by atoms with van der Waals surface area (Å²) in [4.78, 5) is 20.7. The average Bonchev–Trinajstić information content (AvgIpc) is 3.05. The summed E-state index contributed by atoms with van der Waals surface area (Å²) in [5.74, 6) is -0.869. The molecule has 0 unspecified atom stereocenters. The van der Waals surface area contributed by atoms with Crippen molar-refractivity contribution in [3.63, 3.8) is 0 Å². The first-order valence-electron chi connectivity index (χ1n) is 8.54. The normalized spacial score (nSPS) is 21.8. The van der Waals surface area contributed by atoms with Crippen molar-refractivity contribution in [1.29, 1.82) is 0 Å². The molecule has 1 fully saturated rings. The van der Waals surface area contributed by atoms with Gasteiger partial charge in [0.2, 0.25) is 0 Å². The zero-order chi connectivity index (χ0) is 18.9. The number of carbonyl (C=O) groups is 1. The van der Waals surface area contributed by atoms with Gasteiger partial charge in [0.25, 0.3) is 0 Å². The second-order valence-corrected chi connectivity index (χ2v) is 5.48. The van der Waals surface area contributed by atoms with Crippen LogP contribution in [0.2, 0.25) is 0 Å². The van der Waals surface area contributed by atoms with Gasteiger partial charge in [0.05, 0.1) is 12.5 Å². The summed E-state index contributed by atoms with van der Waals surface area (Å²) >= 11 is 0. The van der Waals surface area contributed by atoms with Gasteiger partial charge in [-0.05, 0) is 6.42 Å². The molecule has 4 nitrogen and oxygen atoms in total. The second-order valence-electron chi connectivity index (χ2n) is 5.48. The van der Waals surface area contributed by atoms with Crippen LogP contribution < -0.4 is 0 Å². The summed E-state index contributed by atoms with van der Waals surface area (Å²) < 4.78 is 0. The standard InChI is InChI=1S/C22H26O4/c1-2-3-4-5-6-7-8-9-10-11-12-13-14-15-16-17-20-18-21(26-25-20)19-22(23)24/h2-16,20-21H,1,17-19H2,(H,23,24)/b4-3+,6-5-,8-7+,10-9+,12-11+,14-13-,16-15-/t20-,21-/m0/s1. The van der Waals surface area contributed by atoms with E-state index < -0.39 is 5.97 Å². The molecule has 0 aromatic heterocycles. The molecule has 0 saturated carbocycles. The molecule has 1 heterocycles. The second kappa shape index (κ2) is 14.6. The molecule has 26 heavy (non-hydrogen) atoms. The molecule has 2 atom stereocenters. The Balaban J connectivity index is 2.14. The first-order chi connectivity index (χ1) is 12.7. The summed E-state index contributed by atoms with van der Waals surface area (Å²) in [7, 11) is 0. The Hall–Kier alpha value is -2.69. The molecule has 0 radical (unpaired) electrons. The Kier molecular flexibility index (Phi) is 12.0. The van der Waals surface area contributed by atoms with Gasteiger partial charge in [-0.1, -0.05) is 97.7 Å². The molecular weight excluding hydrogens is 328 g/mol. The van der Waals surface area contributed by atoms with Crippen LogP contribution in [-0.4, -0.2) is 23.3 Å². The van der Waals surface area contributed by atoms with Crippen molar-refractivity contribution in [1.82, 2.24) is 0 Å². The summed E-state index contributed by atoms with van der Waals surface area (Å²) in [6.07, 6.45) is 29.7. The third-order valence-corrected chi connectivity index (χ3v) is 3.26. The van der Waals surface area contributed by atoms with Gasteiger partial charge in [-0.25, -0.2) is 9.78 Å². The number of hydrogen-bond acceptors (Lipinski definition) is 3. The van der Waals surface area contributed by atoms with Crippen LogP contribution in [0.4, 0.5) is 0 Å². The summed E-state index contributed by atoms with van der Waals surface area (Å²) in [5, 5.41) is 8.70. The highest BCUT2D eigenvalue weighted by Crippen LogP contribution is 2.22. The van der Waals surface area contributed by atoms with Crippen LogP contribution >= 0.6 is 0 Å². The number of rotatable bonds is 11. The van der Waals surface area contributed by atoms with Gasteiger partial charge in [-0.3, -0.25) is 4.79 Å². The fourth-order valence-corrected chi connectivity index (χ4v) is 2.07. The van der Waals surface area contributed by atoms with E-state index >= 15 is 0 Å². The highest BCUT2D eigenvalue weighted by molar-refractivity contribution is 5.67. The van der Waals surface area contributed by atoms with E-state index in [1.54, 1.807) is 6.08 Å². The van der Waals surface area contributed by atoms with Crippen LogP contribution in [-0.2, 0) is 14.6 Å². The summed E-state index contributed by atoms with van der Waals surface area (Å²) in [6, 6.07) is 0. The van der Waals surface area contributed by atoms with Crippen molar-refractivity contribution in [3.05, 3.63) is 97.7 Å². The number of carboxylic acid groups (broad SMARTS) is 1. The fourth-order valence-electron chi connectivity index (χ4n) is 2.07. The average molecular weight is 354 g/mol. The molecule has 0 aliphatic carbocycles. The van der Waals surface area contributed by atoms with Gasteiger partial charge in [0, 0.05) is 6.42 Å². The molecule has 0 bridgehead atoms. The SMILES string of the molecule is C=C/C=C/C=C\C=C\C=C\C=C\C=C/C=C\C[C@H]1C[C@@H](CC(=O)O)OO1. The van der Waals surface area contributed by atoms with Gasteiger partial charge in [-0.2, -0.15) is 0 Å². The van der Waals surface area contributed by atoms with Crippen LogP contribution in [0.25, 0.3) is 0 Å². The van der Waals surface area contributed by atoms with E-state index in [4.69, 9.17) is 14.9 Å². The highest BCUT2D eigenvalue weighted by atomic mass is 17.2. The van der Waals surface area contributed by atoms with Gasteiger partial charge in [0.1, 0.15) is 6.10 Å². The molecule has 1 N–H and O–H groups in total. The molecule has 4 heteroatoms. The van der Waals surface area contributed by atoms with Crippen LogP contribution in [0, 0.1) is 0 Å². The van der Waals surface area contributed by atoms with Crippen molar-refractivity contribution >= 4 is 5.97 Å². The van der Waals surface area contributed by atoms with Crippen LogP contribution in [0.3, 0.4) is 0 Å². The Morgan fingerprint density at radius 2 is 1.27 bits per heavy atom. The van der Waals surface area contributed by atoms with E-state index in [0.29, 0.717) is 12.8 Å². The highest BCUT2D eigenvalue weighted by Gasteiger charge is 2.28. The predicted molar refractivity (Wildman–Crippen MR) is 105 cm³/mol. The van der Waals surface area contributed by atoms with Crippen molar-refractivity contribution in [2.45, 2.75) is 31.5 Å². The lowest BCUT2D eigenvalue weighted by Crippen LogP contribution is -2.12. The first kappa shape index (κ1) is 21.4. The molecule has 1 aliphatic heterocycles. The van der Waals surface area contributed by atoms with Crippen LogP contribution in [0.1, 0.15) is 19.3 Å². The lowest BCUT2D eigenvalue weighted by atomic mass is 10.1. The van der Waals surface area contributed by atoms with E-state index in [2.05, 4.69) is 6.58 Å². The van der Waals surface area contributed by atoms with E-state index in [0.717, 1.165) is 0 Å². The lowest BCUT2D eigenvalue weighted by molar-refractivity contribution is -0.296. The minimum absolute atomic E-state index is 0.0176. The molecule has 138 valence electrons. The van der Waals surface area contributed by atoms with E-state index in [-0.39, 0.29) is 18.6 Å². The maximum absolute atomic E-state index is 10.6. The Bertz CT molecular complexity index is 618. The quantitative estimate of drug-likeness (QED) is 0.418. The number of aliphatic carboxylic acids is 1. The zero-order valence-electron chi connectivity index (χ0n) is 14.8. The minimum atomic E-state index is -0.869. The Labute approximate surface area is 155 Å². The van der Waals surface area contributed by atoms with Crippen LogP contribution in [0.5, 0.6) is 0 Å². The van der Waals surface area contributed by atoms with Crippen molar-refractivity contribution in [3.8, 4) is 0 Å².